The molecule has 4 rings (SSSR count). The van der Waals surface area contributed by atoms with Crippen molar-refractivity contribution in [1.82, 2.24) is 14.7 Å². The molecular formula is C26H33N3O3. The number of hydrogen-bond acceptors (Lipinski definition) is 4. The molecule has 2 aliphatic heterocycles. The Balaban J connectivity index is 1.66. The lowest BCUT2D eigenvalue weighted by molar-refractivity contribution is -0.159. The zero-order chi connectivity index (χ0) is 22.9. The zero-order valence-electron chi connectivity index (χ0n) is 19.5. The fraction of sp³-hybridized carbons (Fsp3) is 0.462. The largest absolute Gasteiger partial charge is 0.361 e. The highest BCUT2D eigenvalue weighted by atomic mass is 16.5. The molecule has 6 nitrogen and oxygen atoms in total. The first-order valence-electron chi connectivity index (χ1n) is 11.3. The molecule has 0 radical (unpaired) electrons. The quantitative estimate of drug-likeness (QED) is 0.725. The number of amides is 2. The van der Waals surface area contributed by atoms with Gasteiger partial charge in [0.1, 0.15) is 0 Å². The van der Waals surface area contributed by atoms with Gasteiger partial charge in [-0.2, -0.15) is 0 Å². The number of likely N-dealkylation sites (tertiary alicyclic amines) is 1. The van der Waals surface area contributed by atoms with Crippen molar-refractivity contribution < 1.29 is 14.3 Å². The number of carbonyl (C=O) groups excluding carboxylic acids is 2. The second-order valence-electron chi connectivity index (χ2n) is 9.36. The molecule has 0 aliphatic carbocycles. The van der Waals surface area contributed by atoms with Crippen LogP contribution in [0.2, 0.25) is 0 Å². The molecule has 0 aromatic heterocycles. The van der Waals surface area contributed by atoms with Crippen molar-refractivity contribution in [2.24, 2.45) is 0 Å². The summed E-state index contributed by atoms with van der Waals surface area (Å²) in [4.78, 5) is 33.0. The summed E-state index contributed by atoms with van der Waals surface area (Å²) < 4.78 is 6.31. The topological polar surface area (TPSA) is 53.1 Å². The molecular weight excluding hydrogens is 402 g/mol. The molecule has 0 unspecified atom stereocenters. The van der Waals surface area contributed by atoms with E-state index in [0.717, 1.165) is 23.2 Å². The molecule has 2 aromatic carbocycles. The van der Waals surface area contributed by atoms with E-state index in [1.165, 1.54) is 0 Å². The predicted octanol–water partition coefficient (Wildman–Crippen LogP) is 2.70. The minimum atomic E-state index is -1.04. The van der Waals surface area contributed by atoms with Crippen LogP contribution in [0.3, 0.4) is 0 Å². The van der Waals surface area contributed by atoms with E-state index in [2.05, 4.69) is 23.1 Å². The maximum Gasteiger partial charge on any atom is 0.257 e. The second kappa shape index (κ2) is 9.04. The Morgan fingerprint density at radius 3 is 2.47 bits per heavy atom. The van der Waals surface area contributed by atoms with Crippen LogP contribution in [0.4, 0.5) is 0 Å². The standard InChI is InChI=1S/C26H33N3O3/c1-19-14-20(2)16-22(15-19)24(30)29-12-13-32-26(18-29)23(21-8-6-5-7-9-21)17-28(25(26)31)11-10-27(3)4/h5-9,14-16,23H,10-13,17-18H2,1-4H3/t23-,26+/m1/s1. The lowest BCUT2D eigenvalue weighted by Gasteiger charge is -2.42. The molecule has 2 saturated heterocycles. The number of benzene rings is 2. The maximum atomic E-state index is 13.7. The third-order valence-corrected chi connectivity index (χ3v) is 6.54. The van der Waals surface area contributed by atoms with Gasteiger partial charge in [-0.15, -0.1) is 0 Å². The molecule has 0 bridgehead atoms. The van der Waals surface area contributed by atoms with Crippen molar-refractivity contribution in [2.75, 3.05) is 53.4 Å². The summed E-state index contributed by atoms with van der Waals surface area (Å²) in [6.45, 7) is 7.14. The van der Waals surface area contributed by atoms with Crippen LogP contribution in [-0.4, -0.2) is 85.5 Å². The van der Waals surface area contributed by atoms with Gasteiger partial charge in [0.2, 0.25) is 0 Å². The predicted molar refractivity (Wildman–Crippen MR) is 125 cm³/mol. The molecule has 2 fully saturated rings. The van der Waals surface area contributed by atoms with E-state index in [4.69, 9.17) is 4.74 Å². The van der Waals surface area contributed by atoms with Gasteiger partial charge in [-0.3, -0.25) is 9.59 Å². The van der Waals surface area contributed by atoms with Crippen LogP contribution in [0.1, 0.15) is 33.0 Å². The SMILES string of the molecule is Cc1cc(C)cc(C(=O)N2CCO[C@]3(C2)C(=O)N(CCN(C)C)C[C@@H]3c2ccccc2)c1. The van der Waals surface area contributed by atoms with Gasteiger partial charge in [-0.25, -0.2) is 0 Å². The third kappa shape index (κ3) is 4.30. The first kappa shape index (κ1) is 22.5. The van der Waals surface area contributed by atoms with E-state index in [1.807, 2.05) is 63.2 Å². The molecule has 1 spiro atoms. The second-order valence-corrected chi connectivity index (χ2v) is 9.36. The Morgan fingerprint density at radius 1 is 1.12 bits per heavy atom. The number of hydrogen-bond donors (Lipinski definition) is 0. The van der Waals surface area contributed by atoms with Crippen LogP contribution >= 0.6 is 0 Å². The monoisotopic (exact) mass is 435 g/mol. The van der Waals surface area contributed by atoms with Gasteiger partial charge in [0.15, 0.2) is 5.60 Å². The smallest absolute Gasteiger partial charge is 0.257 e. The number of aryl methyl sites for hydroxylation is 2. The van der Waals surface area contributed by atoms with Gasteiger partial charge in [0.05, 0.1) is 13.2 Å². The van der Waals surface area contributed by atoms with E-state index in [-0.39, 0.29) is 24.3 Å². The molecule has 6 heteroatoms. The van der Waals surface area contributed by atoms with Crippen molar-refractivity contribution in [3.05, 3.63) is 70.8 Å². The Labute approximate surface area is 190 Å². The minimum Gasteiger partial charge on any atom is -0.361 e. The summed E-state index contributed by atoms with van der Waals surface area (Å²) in [6.07, 6.45) is 0. The molecule has 32 heavy (non-hydrogen) atoms. The molecule has 0 saturated carbocycles. The third-order valence-electron chi connectivity index (χ3n) is 6.54. The highest BCUT2D eigenvalue weighted by Gasteiger charge is 2.58. The van der Waals surface area contributed by atoms with Gasteiger partial charge in [-0.05, 0) is 45.6 Å². The van der Waals surface area contributed by atoms with Crippen LogP contribution in [0, 0.1) is 13.8 Å². The normalized spacial score (nSPS) is 23.4. The lowest BCUT2D eigenvalue weighted by atomic mass is 9.83. The number of nitrogens with zero attached hydrogens (tertiary/aromatic N) is 3. The summed E-state index contributed by atoms with van der Waals surface area (Å²) in [6, 6.07) is 16.0. The fourth-order valence-corrected chi connectivity index (χ4v) is 4.98. The van der Waals surface area contributed by atoms with Crippen molar-refractivity contribution in [3.63, 3.8) is 0 Å². The summed E-state index contributed by atoms with van der Waals surface area (Å²) >= 11 is 0. The molecule has 2 heterocycles. The average Bonchev–Trinajstić information content (AvgIpc) is 3.03. The van der Waals surface area contributed by atoms with Crippen LogP contribution in [0.25, 0.3) is 0 Å². The Kier molecular flexibility index (Phi) is 6.35. The summed E-state index contributed by atoms with van der Waals surface area (Å²) in [7, 11) is 4.01. The first-order valence-corrected chi connectivity index (χ1v) is 11.3. The number of likely N-dealkylation sites (N-methyl/N-ethyl adjacent to an activating group) is 1. The Morgan fingerprint density at radius 2 is 1.81 bits per heavy atom. The summed E-state index contributed by atoms with van der Waals surface area (Å²) in [5.41, 5.74) is 2.83. The highest BCUT2D eigenvalue weighted by molar-refractivity contribution is 5.96. The van der Waals surface area contributed by atoms with Crippen LogP contribution in [0.5, 0.6) is 0 Å². The van der Waals surface area contributed by atoms with Gasteiger partial charge in [0, 0.05) is 37.7 Å². The van der Waals surface area contributed by atoms with E-state index in [0.29, 0.717) is 31.8 Å². The van der Waals surface area contributed by atoms with E-state index < -0.39 is 5.60 Å². The number of rotatable bonds is 5. The van der Waals surface area contributed by atoms with Gasteiger partial charge >= 0.3 is 0 Å². The first-order chi connectivity index (χ1) is 15.3. The fourth-order valence-electron chi connectivity index (χ4n) is 4.98. The minimum absolute atomic E-state index is 0.00822. The lowest BCUT2D eigenvalue weighted by Crippen LogP contribution is -2.59. The molecule has 2 aromatic rings. The van der Waals surface area contributed by atoms with Crippen LogP contribution in [0.15, 0.2) is 48.5 Å². The Bertz CT molecular complexity index is 971. The summed E-state index contributed by atoms with van der Waals surface area (Å²) in [5.74, 6) is -0.162. The number of ether oxygens (including phenoxy) is 1. The van der Waals surface area contributed by atoms with Crippen molar-refractivity contribution in [3.8, 4) is 0 Å². The van der Waals surface area contributed by atoms with E-state index in [1.54, 1.807) is 4.90 Å². The Hall–Kier alpha value is -2.70. The highest BCUT2D eigenvalue weighted by Crippen LogP contribution is 2.42. The van der Waals surface area contributed by atoms with Crippen molar-refractivity contribution in [1.29, 1.82) is 0 Å². The van der Waals surface area contributed by atoms with Crippen molar-refractivity contribution >= 4 is 11.8 Å². The van der Waals surface area contributed by atoms with Crippen molar-refractivity contribution in [2.45, 2.75) is 25.4 Å². The molecule has 2 atom stereocenters. The number of morpholine rings is 1. The van der Waals surface area contributed by atoms with Gasteiger partial charge in [-0.1, -0.05) is 47.5 Å². The van der Waals surface area contributed by atoms with Gasteiger partial charge in [0.25, 0.3) is 11.8 Å². The average molecular weight is 436 g/mol. The van der Waals surface area contributed by atoms with Crippen LogP contribution in [-0.2, 0) is 9.53 Å². The van der Waals surface area contributed by atoms with Crippen LogP contribution < -0.4 is 0 Å². The van der Waals surface area contributed by atoms with E-state index >= 15 is 0 Å². The number of carbonyl (C=O) groups is 2. The van der Waals surface area contributed by atoms with Gasteiger partial charge < -0.3 is 19.4 Å². The summed E-state index contributed by atoms with van der Waals surface area (Å²) in [5, 5.41) is 0. The molecule has 2 aliphatic rings. The zero-order valence-corrected chi connectivity index (χ0v) is 19.5. The molecule has 170 valence electrons. The molecule has 2 amide bonds. The maximum absolute atomic E-state index is 13.7. The van der Waals surface area contributed by atoms with E-state index in [9.17, 15) is 9.59 Å². The molecule has 0 N–H and O–H groups in total.